The van der Waals surface area contributed by atoms with E-state index in [9.17, 15) is 22.4 Å². The minimum absolute atomic E-state index is 0.00462. The molecule has 2 aromatic carbocycles. The molecular weight excluding hydrogens is 469 g/mol. The SMILES string of the molecule is CC(C)CNC(=O)C(C)N(Cc1ccc(F)cc1)C(=O)CN(C)S(=O)(=O)c1ccc(Cl)cc1. The molecule has 0 heterocycles. The maximum absolute atomic E-state index is 13.3. The lowest BCUT2D eigenvalue weighted by molar-refractivity contribution is -0.140. The highest BCUT2D eigenvalue weighted by atomic mass is 35.5. The Hall–Kier alpha value is -2.49. The van der Waals surface area contributed by atoms with Crippen LogP contribution in [0.25, 0.3) is 0 Å². The number of rotatable bonds is 10. The van der Waals surface area contributed by atoms with E-state index in [0.717, 1.165) is 4.31 Å². The van der Waals surface area contributed by atoms with Crippen LogP contribution in [-0.4, -0.2) is 55.6 Å². The Balaban J connectivity index is 2.24. The van der Waals surface area contributed by atoms with Crippen LogP contribution in [0.15, 0.2) is 53.4 Å². The molecule has 180 valence electrons. The summed E-state index contributed by atoms with van der Waals surface area (Å²) in [7, 11) is -2.66. The van der Waals surface area contributed by atoms with Gasteiger partial charge in [0.25, 0.3) is 0 Å². The molecule has 33 heavy (non-hydrogen) atoms. The van der Waals surface area contributed by atoms with Gasteiger partial charge in [0.2, 0.25) is 21.8 Å². The minimum atomic E-state index is -3.95. The molecule has 0 bridgehead atoms. The molecule has 10 heteroatoms. The molecule has 0 radical (unpaired) electrons. The van der Waals surface area contributed by atoms with Crippen molar-refractivity contribution in [2.24, 2.45) is 5.92 Å². The predicted octanol–water partition coefficient (Wildman–Crippen LogP) is 3.29. The first-order valence-corrected chi connectivity index (χ1v) is 12.3. The Kier molecular flexibility index (Phi) is 9.39. The summed E-state index contributed by atoms with van der Waals surface area (Å²) >= 11 is 5.83. The molecule has 0 aromatic heterocycles. The summed E-state index contributed by atoms with van der Waals surface area (Å²) in [6, 6.07) is 10.3. The molecule has 0 aliphatic heterocycles. The standard InChI is InChI=1S/C23H29ClFN3O4S/c1-16(2)13-26-23(30)17(3)28(14-18-5-9-20(25)10-6-18)22(29)15-27(4)33(31,32)21-11-7-19(24)8-12-21/h5-12,16-17H,13-15H2,1-4H3,(H,26,30). The molecule has 0 aliphatic carbocycles. The van der Waals surface area contributed by atoms with Crippen LogP contribution in [0.2, 0.25) is 5.02 Å². The number of amides is 2. The van der Waals surface area contributed by atoms with Gasteiger partial charge in [-0.15, -0.1) is 0 Å². The lowest BCUT2D eigenvalue weighted by atomic mass is 10.1. The molecular formula is C23H29ClFN3O4S. The van der Waals surface area contributed by atoms with Crippen LogP contribution in [0.5, 0.6) is 0 Å². The van der Waals surface area contributed by atoms with Crippen molar-refractivity contribution in [3.63, 3.8) is 0 Å². The first kappa shape index (κ1) is 26.8. The summed E-state index contributed by atoms with van der Waals surface area (Å²) in [5.74, 6) is -1.12. The van der Waals surface area contributed by atoms with Crippen molar-refractivity contribution in [3.05, 3.63) is 64.9 Å². The van der Waals surface area contributed by atoms with Gasteiger partial charge in [0.1, 0.15) is 11.9 Å². The van der Waals surface area contributed by atoms with Gasteiger partial charge in [-0.3, -0.25) is 9.59 Å². The number of carbonyl (C=O) groups is 2. The fraction of sp³-hybridized carbons (Fsp3) is 0.391. The Morgan fingerprint density at radius 3 is 2.15 bits per heavy atom. The number of hydrogen-bond donors (Lipinski definition) is 1. The van der Waals surface area contributed by atoms with Gasteiger partial charge in [0.15, 0.2) is 0 Å². The van der Waals surface area contributed by atoms with E-state index in [1.165, 1.54) is 60.5 Å². The highest BCUT2D eigenvalue weighted by Crippen LogP contribution is 2.18. The number of likely N-dealkylation sites (N-methyl/N-ethyl adjacent to an activating group) is 1. The Bertz CT molecular complexity index is 1060. The Labute approximate surface area is 199 Å². The molecule has 2 aromatic rings. The number of hydrogen-bond acceptors (Lipinski definition) is 4. The maximum atomic E-state index is 13.3. The van der Waals surface area contributed by atoms with Crippen LogP contribution in [0.3, 0.4) is 0 Å². The molecule has 0 spiro atoms. The van der Waals surface area contributed by atoms with Crippen molar-refractivity contribution in [1.29, 1.82) is 0 Å². The topological polar surface area (TPSA) is 86.8 Å². The van der Waals surface area contributed by atoms with Gasteiger partial charge in [-0.05, 0) is 54.8 Å². The summed E-state index contributed by atoms with van der Waals surface area (Å²) in [5, 5.41) is 3.18. The lowest BCUT2D eigenvalue weighted by Crippen LogP contribution is -2.51. The number of carbonyl (C=O) groups excluding carboxylic acids is 2. The minimum Gasteiger partial charge on any atom is -0.354 e. The third kappa shape index (κ3) is 7.52. The maximum Gasteiger partial charge on any atom is 0.243 e. The second kappa shape index (κ2) is 11.6. The summed E-state index contributed by atoms with van der Waals surface area (Å²) in [5.41, 5.74) is 0.608. The van der Waals surface area contributed by atoms with Gasteiger partial charge in [-0.2, -0.15) is 4.31 Å². The van der Waals surface area contributed by atoms with Crippen molar-refractivity contribution >= 4 is 33.4 Å². The second-order valence-electron chi connectivity index (χ2n) is 8.18. The molecule has 0 fully saturated rings. The van der Waals surface area contributed by atoms with E-state index >= 15 is 0 Å². The molecule has 0 saturated heterocycles. The zero-order valence-corrected chi connectivity index (χ0v) is 20.7. The largest absolute Gasteiger partial charge is 0.354 e. The fourth-order valence-corrected chi connectivity index (χ4v) is 4.22. The monoisotopic (exact) mass is 497 g/mol. The van der Waals surface area contributed by atoms with E-state index in [4.69, 9.17) is 11.6 Å². The second-order valence-corrected chi connectivity index (χ2v) is 10.7. The van der Waals surface area contributed by atoms with Crippen LogP contribution < -0.4 is 5.32 Å². The van der Waals surface area contributed by atoms with E-state index in [-0.39, 0.29) is 23.3 Å². The van der Waals surface area contributed by atoms with Gasteiger partial charge >= 0.3 is 0 Å². The van der Waals surface area contributed by atoms with Crippen molar-refractivity contribution in [1.82, 2.24) is 14.5 Å². The molecule has 7 nitrogen and oxygen atoms in total. The molecule has 1 N–H and O–H groups in total. The molecule has 2 amide bonds. The number of halogens is 2. The molecule has 1 unspecified atom stereocenters. The summed E-state index contributed by atoms with van der Waals surface area (Å²) in [6.07, 6.45) is 0. The van der Waals surface area contributed by atoms with Gasteiger partial charge in [0, 0.05) is 25.2 Å². The molecule has 1 atom stereocenters. The summed E-state index contributed by atoms with van der Waals surface area (Å²) in [6.45, 7) is 5.45. The third-order valence-corrected chi connectivity index (χ3v) is 7.07. The highest BCUT2D eigenvalue weighted by Gasteiger charge is 2.30. The van der Waals surface area contributed by atoms with Crippen LogP contribution in [0.1, 0.15) is 26.3 Å². The van der Waals surface area contributed by atoms with E-state index in [0.29, 0.717) is 17.1 Å². The first-order valence-electron chi connectivity index (χ1n) is 10.5. The number of nitrogens with one attached hydrogen (secondary N) is 1. The van der Waals surface area contributed by atoms with E-state index in [2.05, 4.69) is 5.32 Å². The number of benzene rings is 2. The zero-order chi connectivity index (χ0) is 24.8. The smallest absolute Gasteiger partial charge is 0.243 e. The van der Waals surface area contributed by atoms with Crippen LogP contribution in [0.4, 0.5) is 4.39 Å². The average molecular weight is 498 g/mol. The van der Waals surface area contributed by atoms with Crippen LogP contribution in [-0.2, 0) is 26.2 Å². The van der Waals surface area contributed by atoms with E-state index in [1.54, 1.807) is 6.92 Å². The normalized spacial score (nSPS) is 12.6. The van der Waals surface area contributed by atoms with Crippen molar-refractivity contribution < 1.29 is 22.4 Å². The van der Waals surface area contributed by atoms with E-state index in [1.807, 2.05) is 13.8 Å². The highest BCUT2D eigenvalue weighted by molar-refractivity contribution is 7.89. The van der Waals surface area contributed by atoms with Gasteiger partial charge in [0.05, 0.1) is 11.4 Å². The fourth-order valence-electron chi connectivity index (χ4n) is 2.97. The van der Waals surface area contributed by atoms with Gasteiger partial charge in [-0.1, -0.05) is 37.6 Å². The Morgan fingerprint density at radius 1 is 1.03 bits per heavy atom. The van der Waals surface area contributed by atoms with Crippen LogP contribution >= 0.6 is 11.6 Å². The van der Waals surface area contributed by atoms with Crippen LogP contribution in [0, 0.1) is 11.7 Å². The zero-order valence-electron chi connectivity index (χ0n) is 19.1. The van der Waals surface area contributed by atoms with Crippen molar-refractivity contribution in [2.75, 3.05) is 20.1 Å². The van der Waals surface area contributed by atoms with Gasteiger partial charge < -0.3 is 10.2 Å². The van der Waals surface area contributed by atoms with Crippen molar-refractivity contribution in [3.8, 4) is 0 Å². The number of nitrogens with zero attached hydrogens (tertiary/aromatic N) is 2. The Morgan fingerprint density at radius 2 is 1.61 bits per heavy atom. The lowest BCUT2D eigenvalue weighted by Gasteiger charge is -2.30. The average Bonchev–Trinajstić information content (AvgIpc) is 2.76. The first-order chi connectivity index (χ1) is 15.4. The summed E-state index contributed by atoms with van der Waals surface area (Å²) < 4.78 is 40.0. The van der Waals surface area contributed by atoms with Crippen molar-refractivity contribution in [2.45, 2.75) is 38.3 Å². The predicted molar refractivity (Wildman–Crippen MR) is 126 cm³/mol. The molecule has 0 aliphatic rings. The summed E-state index contributed by atoms with van der Waals surface area (Å²) in [4.78, 5) is 27.1. The van der Waals surface area contributed by atoms with E-state index < -0.39 is 34.3 Å². The van der Waals surface area contributed by atoms with Gasteiger partial charge in [-0.25, -0.2) is 12.8 Å². The number of sulfonamides is 1. The molecule has 0 saturated carbocycles. The third-order valence-electron chi connectivity index (χ3n) is 5.00. The molecule has 2 rings (SSSR count). The quantitative estimate of drug-likeness (QED) is 0.545.